The predicted molar refractivity (Wildman–Crippen MR) is 68.8 cm³/mol. The highest BCUT2D eigenvalue weighted by Gasteiger charge is 2.10. The molecule has 83 valence electrons. The van der Waals surface area contributed by atoms with E-state index >= 15 is 0 Å². The monoisotopic (exact) mass is 221 g/mol. The largest absolute Gasteiger partial charge is 0.258 e. The molecule has 0 N–H and O–H groups in total. The summed E-state index contributed by atoms with van der Waals surface area (Å²) in [7, 11) is 0. The van der Waals surface area contributed by atoms with Gasteiger partial charge in [-0.15, -0.1) is 0 Å². The number of rotatable bonds is 2. The highest BCUT2D eigenvalue weighted by molar-refractivity contribution is 5.78. The molecular formula is C15H13N2. The van der Waals surface area contributed by atoms with Crippen molar-refractivity contribution in [3.63, 3.8) is 0 Å². The average Bonchev–Trinajstić information content (AvgIpc) is 2.83. The number of benzene rings is 2. The first kappa shape index (κ1) is 10.1. The van der Waals surface area contributed by atoms with E-state index < -0.39 is 0 Å². The van der Waals surface area contributed by atoms with E-state index in [2.05, 4.69) is 53.1 Å². The van der Waals surface area contributed by atoms with Crippen molar-refractivity contribution in [3.05, 3.63) is 66.4 Å². The number of nitrogens with zero attached hydrogens (tertiary/aromatic N) is 2. The van der Waals surface area contributed by atoms with Crippen LogP contribution in [-0.4, -0.2) is 9.78 Å². The van der Waals surface area contributed by atoms with Crippen LogP contribution in [0.1, 0.15) is 18.5 Å². The van der Waals surface area contributed by atoms with Gasteiger partial charge in [-0.2, -0.15) is 5.10 Å². The van der Waals surface area contributed by atoms with Gasteiger partial charge in [-0.3, -0.25) is 4.68 Å². The first-order valence-corrected chi connectivity index (χ1v) is 5.74. The summed E-state index contributed by atoms with van der Waals surface area (Å²) in [6.07, 6.45) is 1.89. The highest BCUT2D eigenvalue weighted by atomic mass is 15.3. The van der Waals surface area contributed by atoms with Gasteiger partial charge in [0.25, 0.3) is 0 Å². The molecule has 0 aliphatic carbocycles. The molecule has 3 aromatic rings. The lowest BCUT2D eigenvalue weighted by Gasteiger charge is -2.13. The molecule has 0 fully saturated rings. The molecule has 0 bridgehead atoms. The molecule has 1 heterocycles. The van der Waals surface area contributed by atoms with Crippen molar-refractivity contribution in [2.45, 2.75) is 13.0 Å². The molecule has 2 nitrogen and oxygen atoms in total. The molecule has 1 atom stereocenters. The SMILES string of the molecule is CC(c1ccccc1)n1ncc2c[c]ccc21. The van der Waals surface area contributed by atoms with Crippen LogP contribution in [-0.2, 0) is 0 Å². The summed E-state index contributed by atoms with van der Waals surface area (Å²) in [6, 6.07) is 19.7. The molecule has 2 aromatic carbocycles. The fraction of sp³-hybridized carbons (Fsp3) is 0.133. The molecule has 1 aromatic heterocycles. The smallest absolute Gasteiger partial charge is 0.0747 e. The summed E-state index contributed by atoms with van der Waals surface area (Å²) in [5.74, 6) is 0. The highest BCUT2D eigenvalue weighted by Crippen LogP contribution is 2.22. The summed E-state index contributed by atoms with van der Waals surface area (Å²) in [5, 5.41) is 5.60. The fourth-order valence-corrected chi connectivity index (χ4v) is 2.12. The molecule has 0 saturated heterocycles. The van der Waals surface area contributed by atoms with Crippen molar-refractivity contribution in [1.82, 2.24) is 9.78 Å². The van der Waals surface area contributed by atoms with Crippen LogP contribution >= 0.6 is 0 Å². The minimum absolute atomic E-state index is 0.246. The Labute approximate surface area is 101 Å². The van der Waals surface area contributed by atoms with Gasteiger partial charge in [-0.05, 0) is 30.7 Å². The van der Waals surface area contributed by atoms with Gasteiger partial charge in [-0.25, -0.2) is 0 Å². The zero-order valence-corrected chi connectivity index (χ0v) is 9.67. The van der Waals surface area contributed by atoms with Crippen molar-refractivity contribution < 1.29 is 0 Å². The summed E-state index contributed by atoms with van der Waals surface area (Å²) in [5.41, 5.74) is 2.42. The lowest BCUT2D eigenvalue weighted by atomic mass is 10.1. The van der Waals surface area contributed by atoms with Gasteiger partial charge in [0.1, 0.15) is 0 Å². The van der Waals surface area contributed by atoms with E-state index in [1.807, 2.05) is 24.4 Å². The second-order valence-electron chi connectivity index (χ2n) is 4.16. The van der Waals surface area contributed by atoms with Crippen LogP contribution in [0.4, 0.5) is 0 Å². The quantitative estimate of drug-likeness (QED) is 0.648. The number of fused-ring (bicyclic) bond motifs is 1. The van der Waals surface area contributed by atoms with Gasteiger partial charge in [0, 0.05) is 5.39 Å². The first-order chi connectivity index (χ1) is 8.36. The molecule has 1 radical (unpaired) electrons. The van der Waals surface area contributed by atoms with Crippen LogP contribution in [0, 0.1) is 6.07 Å². The maximum atomic E-state index is 4.47. The van der Waals surface area contributed by atoms with E-state index in [1.54, 1.807) is 0 Å². The molecule has 1 unspecified atom stereocenters. The van der Waals surface area contributed by atoms with Crippen LogP contribution in [0.2, 0.25) is 0 Å². The van der Waals surface area contributed by atoms with Gasteiger partial charge in [0.2, 0.25) is 0 Å². The Morgan fingerprint density at radius 1 is 1.18 bits per heavy atom. The summed E-state index contributed by atoms with van der Waals surface area (Å²) < 4.78 is 2.05. The standard InChI is InChI=1S/C15H13N2/c1-12(13-7-3-2-4-8-13)17-15-10-6-5-9-14(15)11-16-17/h2-4,6-12H,1H3. The van der Waals surface area contributed by atoms with Crippen molar-refractivity contribution in [2.24, 2.45) is 0 Å². The third kappa shape index (κ3) is 1.72. The Balaban J connectivity index is 2.10. The second-order valence-corrected chi connectivity index (χ2v) is 4.16. The van der Waals surface area contributed by atoms with Crippen molar-refractivity contribution >= 4 is 10.9 Å². The van der Waals surface area contributed by atoms with Gasteiger partial charge < -0.3 is 0 Å². The van der Waals surface area contributed by atoms with Gasteiger partial charge >= 0.3 is 0 Å². The van der Waals surface area contributed by atoms with E-state index in [9.17, 15) is 0 Å². The third-order valence-electron chi connectivity index (χ3n) is 3.09. The Hall–Kier alpha value is -2.09. The minimum Gasteiger partial charge on any atom is -0.258 e. The van der Waals surface area contributed by atoms with Crippen LogP contribution in [0.15, 0.2) is 54.7 Å². The summed E-state index contributed by atoms with van der Waals surface area (Å²) >= 11 is 0. The zero-order chi connectivity index (χ0) is 11.7. The van der Waals surface area contributed by atoms with Crippen LogP contribution in [0.3, 0.4) is 0 Å². The Morgan fingerprint density at radius 3 is 2.82 bits per heavy atom. The zero-order valence-electron chi connectivity index (χ0n) is 9.67. The second kappa shape index (κ2) is 4.06. The molecular weight excluding hydrogens is 208 g/mol. The fourth-order valence-electron chi connectivity index (χ4n) is 2.12. The van der Waals surface area contributed by atoms with Crippen molar-refractivity contribution in [1.29, 1.82) is 0 Å². The van der Waals surface area contributed by atoms with Gasteiger partial charge in [-0.1, -0.05) is 36.4 Å². The van der Waals surface area contributed by atoms with Crippen LogP contribution in [0.25, 0.3) is 10.9 Å². The van der Waals surface area contributed by atoms with Crippen LogP contribution < -0.4 is 0 Å². The molecule has 0 amide bonds. The Kier molecular flexibility index (Phi) is 2.41. The summed E-state index contributed by atoms with van der Waals surface area (Å²) in [4.78, 5) is 0. The number of aromatic nitrogens is 2. The summed E-state index contributed by atoms with van der Waals surface area (Å²) in [6.45, 7) is 2.17. The maximum Gasteiger partial charge on any atom is 0.0747 e. The van der Waals surface area contributed by atoms with E-state index in [0.29, 0.717) is 0 Å². The molecule has 0 aliphatic rings. The Morgan fingerprint density at radius 2 is 2.00 bits per heavy atom. The normalized spacial score (nSPS) is 12.8. The number of hydrogen-bond acceptors (Lipinski definition) is 1. The van der Waals surface area contributed by atoms with E-state index in [4.69, 9.17) is 0 Å². The van der Waals surface area contributed by atoms with Crippen molar-refractivity contribution in [2.75, 3.05) is 0 Å². The molecule has 0 aliphatic heterocycles. The first-order valence-electron chi connectivity index (χ1n) is 5.74. The predicted octanol–water partition coefficient (Wildman–Crippen LogP) is 3.45. The molecule has 17 heavy (non-hydrogen) atoms. The Bertz CT molecular complexity index is 625. The topological polar surface area (TPSA) is 17.8 Å². The molecule has 0 spiro atoms. The lowest BCUT2D eigenvalue weighted by Crippen LogP contribution is -2.07. The van der Waals surface area contributed by atoms with E-state index in [0.717, 1.165) is 10.9 Å². The molecule has 2 heteroatoms. The van der Waals surface area contributed by atoms with Gasteiger partial charge in [0.15, 0.2) is 0 Å². The molecule has 3 rings (SSSR count). The van der Waals surface area contributed by atoms with Gasteiger partial charge in [0.05, 0.1) is 17.8 Å². The minimum atomic E-state index is 0.246. The maximum absolute atomic E-state index is 4.47. The van der Waals surface area contributed by atoms with Crippen LogP contribution in [0.5, 0.6) is 0 Å². The molecule has 0 saturated carbocycles. The number of hydrogen-bond donors (Lipinski definition) is 0. The third-order valence-corrected chi connectivity index (χ3v) is 3.09. The van der Waals surface area contributed by atoms with Crippen molar-refractivity contribution in [3.8, 4) is 0 Å². The van der Waals surface area contributed by atoms with E-state index in [-0.39, 0.29) is 6.04 Å². The van der Waals surface area contributed by atoms with E-state index in [1.165, 1.54) is 5.56 Å². The average molecular weight is 221 g/mol. The lowest BCUT2D eigenvalue weighted by molar-refractivity contribution is 0.584.